The van der Waals surface area contributed by atoms with Crippen LogP contribution in [0.4, 0.5) is 0 Å². The van der Waals surface area contributed by atoms with Crippen molar-refractivity contribution in [2.75, 3.05) is 0 Å². The lowest BCUT2D eigenvalue weighted by atomic mass is 9.97. The summed E-state index contributed by atoms with van der Waals surface area (Å²) in [4.78, 5) is 47.4. The zero-order valence-electron chi connectivity index (χ0n) is 80.3. The molecule has 15 heteroatoms. The van der Waals surface area contributed by atoms with Crippen molar-refractivity contribution in [1.29, 1.82) is 0 Å². The van der Waals surface area contributed by atoms with Crippen LogP contribution < -0.4 is 0 Å². The van der Waals surface area contributed by atoms with Gasteiger partial charge in [0.2, 0.25) is 0 Å². The van der Waals surface area contributed by atoms with Gasteiger partial charge in [-0.2, -0.15) is 0 Å². The molecule has 0 aliphatic rings. The smallest absolute Gasteiger partial charge is 0.164 e. The summed E-state index contributed by atoms with van der Waals surface area (Å²) >= 11 is 0. The van der Waals surface area contributed by atoms with Crippen LogP contribution in [0, 0.1) is 0 Å². The Labute approximate surface area is 857 Å². The average molecular weight is 1920 g/mol. The summed E-state index contributed by atoms with van der Waals surface area (Å²) in [6, 6.07) is 170. The first-order valence-corrected chi connectivity index (χ1v) is 50.2. The fourth-order valence-electron chi connectivity index (χ4n) is 22.1. The van der Waals surface area contributed by atoms with E-state index in [1.54, 1.807) is 0 Å². The van der Waals surface area contributed by atoms with Crippen molar-refractivity contribution in [2.24, 2.45) is 0 Å². The minimum Gasteiger partial charge on any atom is -0.454 e. The maximum atomic E-state index is 6.77. The van der Waals surface area contributed by atoms with Gasteiger partial charge in [-0.05, 0) is 195 Å². The zero-order chi connectivity index (χ0) is 98.5. The van der Waals surface area contributed by atoms with Gasteiger partial charge in [0.25, 0.3) is 0 Å². The molecule has 150 heavy (non-hydrogen) atoms. The molecule has 0 unspecified atom stereocenters. The maximum absolute atomic E-state index is 6.77. The highest BCUT2D eigenvalue weighted by Gasteiger charge is 2.27. The standard InChI is InChI=1S/C135H80N12O3/c1-3-21-81(22-4-1)82-41-51-88(52-42-82)129-138-130(142-134(141-129)94-63-69-101(70-64-94)146-116-36-14-8-30-104(116)110-74-77-113-107-33-11-17-39-119(107)149-125(113)122(110)146)90-55-45-84(46-56-90)98-27-20-28-99(80-98)86-49-59-92(60-50-86)132-139-131(143-135(144-132)95-65-71-102(72-66-95)147-117-37-15-9-31-105(117)111-75-78-114-108-34-12-18-40-120(108)150-126(114)123(111)147)91-57-47-85(48-58-91)97-26-19-25-96(79-97)83-43-53-89(54-44-83)128-136-127(87-23-5-2-6-24-87)137-133(140-128)93-61-67-100(68-62-93)145-115-35-13-7-29-103(115)109-73-76-112-106-32-10-16-38-118(106)148-124(112)121(109)145/h1-80H. The van der Waals surface area contributed by atoms with Crippen molar-refractivity contribution in [1.82, 2.24) is 58.6 Å². The summed E-state index contributed by atoms with van der Waals surface area (Å²) < 4.78 is 27.1. The van der Waals surface area contributed by atoms with Gasteiger partial charge in [-0.3, -0.25) is 0 Å². The quantitative estimate of drug-likeness (QED) is 0.0846. The summed E-state index contributed by atoms with van der Waals surface area (Å²) in [6.45, 7) is 0. The third kappa shape index (κ3) is 14.4. The second-order valence-corrected chi connectivity index (χ2v) is 38.2. The molecule has 9 heterocycles. The Morgan fingerprint density at radius 3 is 0.567 bits per heavy atom. The summed E-state index contributed by atoms with van der Waals surface area (Å²) in [5, 5.41) is 13.3. The van der Waals surface area contributed by atoms with Gasteiger partial charge in [-0.1, -0.05) is 346 Å². The molecular formula is C135H80N12O3. The molecule has 0 aliphatic carbocycles. The van der Waals surface area contributed by atoms with Crippen molar-refractivity contribution >= 4 is 131 Å². The topological polar surface area (TPSA) is 170 Å². The van der Waals surface area contributed by atoms with Crippen LogP contribution in [0.1, 0.15) is 0 Å². The highest BCUT2D eigenvalue weighted by Crippen LogP contribution is 2.47. The molecule has 9 aromatic heterocycles. The van der Waals surface area contributed by atoms with E-state index in [9.17, 15) is 0 Å². The van der Waals surface area contributed by atoms with Gasteiger partial charge in [-0.25, -0.2) is 44.9 Å². The Balaban J connectivity index is 0.459. The Kier molecular flexibility index (Phi) is 19.6. The molecule has 30 aromatic rings. The first kappa shape index (κ1) is 85.1. The second kappa shape index (κ2) is 34.6. The zero-order valence-corrected chi connectivity index (χ0v) is 80.3. The number of hydrogen-bond donors (Lipinski definition) is 0. The fraction of sp³-hybridized carbons (Fsp3) is 0. The third-order valence-electron chi connectivity index (χ3n) is 29.5. The lowest BCUT2D eigenvalue weighted by Gasteiger charge is -2.12. The summed E-state index contributed by atoms with van der Waals surface area (Å²) in [6.07, 6.45) is 0. The van der Waals surface area contributed by atoms with E-state index in [1.807, 2.05) is 72.8 Å². The largest absolute Gasteiger partial charge is 0.454 e. The normalized spacial score (nSPS) is 11.9. The predicted molar refractivity (Wildman–Crippen MR) is 608 cm³/mol. The van der Waals surface area contributed by atoms with Crippen LogP contribution in [-0.2, 0) is 0 Å². The maximum Gasteiger partial charge on any atom is 0.164 e. The van der Waals surface area contributed by atoms with E-state index in [-0.39, 0.29) is 0 Å². The molecule has 0 radical (unpaired) electrons. The van der Waals surface area contributed by atoms with Gasteiger partial charge in [0.05, 0.1) is 33.1 Å². The van der Waals surface area contributed by atoms with Gasteiger partial charge in [0, 0.05) is 132 Å². The van der Waals surface area contributed by atoms with Gasteiger partial charge in [0.1, 0.15) is 16.7 Å². The highest BCUT2D eigenvalue weighted by atomic mass is 16.3. The Morgan fingerprint density at radius 2 is 0.307 bits per heavy atom. The molecule has 0 atom stereocenters. The minimum atomic E-state index is 0.535. The molecule has 15 nitrogen and oxygen atoms in total. The van der Waals surface area contributed by atoms with Crippen molar-refractivity contribution in [3.8, 4) is 175 Å². The number of fused-ring (bicyclic) bond motifs is 21. The fourth-order valence-corrected chi connectivity index (χ4v) is 22.1. The Morgan fingerprint density at radius 1 is 0.127 bits per heavy atom. The molecule has 0 bridgehead atoms. The molecule has 0 aliphatic heterocycles. The van der Waals surface area contributed by atoms with Crippen molar-refractivity contribution in [3.05, 3.63) is 485 Å². The van der Waals surface area contributed by atoms with Crippen LogP contribution in [0.25, 0.3) is 306 Å². The van der Waals surface area contributed by atoms with Crippen molar-refractivity contribution < 1.29 is 13.3 Å². The van der Waals surface area contributed by atoms with Crippen LogP contribution in [-0.4, -0.2) is 58.6 Å². The van der Waals surface area contributed by atoms with Crippen molar-refractivity contribution in [2.45, 2.75) is 0 Å². The van der Waals surface area contributed by atoms with Crippen LogP contribution >= 0.6 is 0 Å². The van der Waals surface area contributed by atoms with E-state index in [0.717, 1.165) is 254 Å². The second-order valence-electron chi connectivity index (χ2n) is 38.2. The SMILES string of the molecule is c1ccc(-c2ccc(-c3nc(-c4ccc(-c5cccc(-c6ccc(-c7nc(-c8ccc(-c9cccc(-c%10ccc(-c%11nc(-c%12ccccc%12)nc(-c%12ccc(-n%13c%14ccccc%14c%14ccc%15c%16ccccc%16oc%15c%14%13)cc%12)n%11)cc%10)c9)cc8)nc(-c8ccc(-n9c%10ccccc%10c%10ccc%11c%12ccccc%12oc%11c%109)cc8)n7)cc6)c5)cc4)nc(-c4ccc(-n5c6ccccc6c6ccc7c8ccccc8oc7c65)cc4)n3)cc2)cc1. The molecular weight excluding hydrogens is 1840 g/mol. The Hall–Kier alpha value is -20.6. The summed E-state index contributed by atoms with van der Waals surface area (Å²) in [7, 11) is 0. The van der Waals surface area contributed by atoms with Gasteiger partial charge >= 0.3 is 0 Å². The van der Waals surface area contributed by atoms with E-state index < -0.39 is 0 Å². The van der Waals surface area contributed by atoms with Crippen molar-refractivity contribution in [3.63, 3.8) is 0 Å². The number of furan rings is 3. The molecule has 0 saturated heterocycles. The molecule has 0 spiro atoms. The van der Waals surface area contributed by atoms with Crippen LogP contribution in [0.15, 0.2) is 499 Å². The van der Waals surface area contributed by atoms with Crippen LogP contribution in [0.3, 0.4) is 0 Å². The third-order valence-corrected chi connectivity index (χ3v) is 29.5. The monoisotopic (exact) mass is 1920 g/mol. The lowest BCUT2D eigenvalue weighted by molar-refractivity contribution is 0.670. The molecule has 0 N–H and O–H groups in total. The predicted octanol–water partition coefficient (Wildman–Crippen LogP) is 34.6. The molecule has 30 rings (SSSR count). The van der Waals surface area contributed by atoms with Crippen LogP contribution in [0.5, 0.6) is 0 Å². The number of benzene rings is 21. The minimum absolute atomic E-state index is 0.535. The number of para-hydroxylation sites is 6. The number of hydrogen-bond acceptors (Lipinski definition) is 12. The first-order chi connectivity index (χ1) is 74.3. The first-order valence-electron chi connectivity index (χ1n) is 50.2. The highest BCUT2D eigenvalue weighted by molar-refractivity contribution is 6.25. The summed E-state index contributed by atoms with van der Waals surface area (Å²) in [5.41, 5.74) is 32.7. The van der Waals surface area contributed by atoms with E-state index >= 15 is 0 Å². The molecule has 0 saturated carbocycles. The van der Waals surface area contributed by atoms with E-state index in [1.165, 1.54) is 0 Å². The number of nitrogens with zero attached hydrogens (tertiary/aromatic N) is 12. The van der Waals surface area contributed by atoms with E-state index in [4.69, 9.17) is 58.1 Å². The van der Waals surface area contributed by atoms with Gasteiger partial charge in [0.15, 0.2) is 69.2 Å². The van der Waals surface area contributed by atoms with Crippen LogP contribution in [0.2, 0.25) is 0 Å². The average Bonchev–Trinajstić information content (AvgIpc) is 1.57. The molecule has 698 valence electrons. The lowest BCUT2D eigenvalue weighted by Crippen LogP contribution is -2.01. The van der Waals surface area contributed by atoms with E-state index in [2.05, 4.69) is 426 Å². The summed E-state index contributed by atoms with van der Waals surface area (Å²) in [5.74, 6) is 5.02. The molecule has 0 amide bonds. The molecule has 0 fully saturated rings. The van der Waals surface area contributed by atoms with Gasteiger partial charge in [-0.15, -0.1) is 0 Å². The number of rotatable bonds is 17. The molecule has 21 aromatic carbocycles. The number of aromatic nitrogens is 12. The van der Waals surface area contributed by atoms with Gasteiger partial charge < -0.3 is 27.0 Å². The Bertz CT molecular complexity index is 10700. The van der Waals surface area contributed by atoms with E-state index in [0.29, 0.717) is 52.4 Å².